The van der Waals surface area contributed by atoms with Crippen LogP contribution < -0.4 is 5.32 Å². The zero-order chi connectivity index (χ0) is 12.8. The van der Waals surface area contributed by atoms with Crippen LogP contribution in [0.25, 0.3) is 5.69 Å². The third kappa shape index (κ3) is 3.75. The summed E-state index contributed by atoms with van der Waals surface area (Å²) in [5, 5.41) is 11.8. The second-order valence-electron chi connectivity index (χ2n) is 3.91. The second-order valence-corrected chi connectivity index (χ2v) is 5.47. The molecule has 1 aromatic heterocycles. The van der Waals surface area contributed by atoms with Crippen molar-refractivity contribution in [3.05, 3.63) is 42.2 Å². The van der Waals surface area contributed by atoms with E-state index in [1.807, 2.05) is 30.3 Å². The maximum Gasteiger partial charge on any atom is 0.0969 e. The van der Waals surface area contributed by atoms with Gasteiger partial charge >= 0.3 is 0 Å². The summed E-state index contributed by atoms with van der Waals surface area (Å²) in [6, 6.07) is 9.77. The predicted molar refractivity (Wildman–Crippen MR) is 72.0 cm³/mol. The summed E-state index contributed by atoms with van der Waals surface area (Å²) in [6.07, 6.45) is 3.44. The topological polar surface area (TPSA) is 59.8 Å². The zero-order valence-electron chi connectivity index (χ0n) is 10.2. The van der Waals surface area contributed by atoms with E-state index in [0.717, 1.165) is 17.9 Å². The summed E-state index contributed by atoms with van der Waals surface area (Å²) in [5.41, 5.74) is 1.82. The largest absolute Gasteiger partial charge is 0.310 e. The number of hydrogen-bond acceptors (Lipinski definition) is 4. The standard InChI is InChI=1S/C12H16N4OS/c1-18(17)8-7-13-9-11-10-14-16(15-11)12-5-3-2-4-6-12/h2-6,10,13H,7-9H2,1H3. The number of para-hydroxylation sites is 1. The molecule has 18 heavy (non-hydrogen) atoms. The molecule has 96 valence electrons. The van der Waals surface area contributed by atoms with Gasteiger partial charge in [0.1, 0.15) is 0 Å². The van der Waals surface area contributed by atoms with Crippen LogP contribution in [0.4, 0.5) is 0 Å². The van der Waals surface area contributed by atoms with Crippen molar-refractivity contribution in [2.24, 2.45) is 0 Å². The molecule has 1 N–H and O–H groups in total. The lowest BCUT2D eigenvalue weighted by atomic mass is 10.3. The van der Waals surface area contributed by atoms with Crippen molar-refractivity contribution in [1.82, 2.24) is 20.3 Å². The molecule has 0 aliphatic heterocycles. The van der Waals surface area contributed by atoms with Gasteiger partial charge in [0, 0.05) is 35.9 Å². The highest BCUT2D eigenvalue weighted by molar-refractivity contribution is 7.84. The van der Waals surface area contributed by atoms with E-state index >= 15 is 0 Å². The third-order valence-corrected chi connectivity index (χ3v) is 3.18. The quantitative estimate of drug-likeness (QED) is 0.782. The molecule has 0 spiro atoms. The van der Waals surface area contributed by atoms with Crippen LogP contribution in [0.5, 0.6) is 0 Å². The average molecular weight is 264 g/mol. The molecule has 0 saturated carbocycles. The van der Waals surface area contributed by atoms with Gasteiger partial charge in [-0.15, -0.1) is 0 Å². The van der Waals surface area contributed by atoms with E-state index in [4.69, 9.17) is 0 Å². The number of benzene rings is 1. The molecule has 2 rings (SSSR count). The van der Waals surface area contributed by atoms with Crippen molar-refractivity contribution in [3.63, 3.8) is 0 Å². The van der Waals surface area contributed by atoms with Crippen molar-refractivity contribution >= 4 is 10.8 Å². The Kier molecular flexibility index (Phi) is 4.60. The highest BCUT2D eigenvalue weighted by Gasteiger charge is 2.01. The average Bonchev–Trinajstić information content (AvgIpc) is 2.84. The molecule has 6 heteroatoms. The molecule has 1 atom stereocenters. The van der Waals surface area contributed by atoms with Gasteiger partial charge in [0.25, 0.3) is 0 Å². The lowest BCUT2D eigenvalue weighted by Crippen LogP contribution is -2.20. The molecule has 2 aromatic rings. The Morgan fingerprint density at radius 3 is 2.83 bits per heavy atom. The van der Waals surface area contributed by atoms with E-state index in [9.17, 15) is 4.21 Å². The van der Waals surface area contributed by atoms with E-state index in [-0.39, 0.29) is 0 Å². The molecular formula is C12H16N4OS. The summed E-state index contributed by atoms with van der Waals surface area (Å²) < 4.78 is 10.9. The van der Waals surface area contributed by atoms with Crippen molar-refractivity contribution in [3.8, 4) is 5.69 Å². The first-order chi connectivity index (χ1) is 8.75. The smallest absolute Gasteiger partial charge is 0.0969 e. The van der Waals surface area contributed by atoms with E-state index in [1.165, 1.54) is 0 Å². The number of nitrogens with one attached hydrogen (secondary N) is 1. The minimum absolute atomic E-state index is 0.643. The van der Waals surface area contributed by atoms with Crippen LogP contribution >= 0.6 is 0 Å². The van der Waals surface area contributed by atoms with Gasteiger partial charge in [-0.05, 0) is 12.1 Å². The van der Waals surface area contributed by atoms with Crippen molar-refractivity contribution < 1.29 is 4.21 Å². The summed E-state index contributed by atoms with van der Waals surface area (Å²) in [7, 11) is -0.752. The summed E-state index contributed by atoms with van der Waals surface area (Å²) in [5.74, 6) is 0.660. The summed E-state index contributed by atoms with van der Waals surface area (Å²) in [6.45, 7) is 1.37. The molecule has 0 aliphatic carbocycles. The maximum absolute atomic E-state index is 10.9. The predicted octanol–water partition coefficient (Wildman–Crippen LogP) is 0.735. The molecular weight excluding hydrogens is 248 g/mol. The fourth-order valence-corrected chi connectivity index (χ4v) is 1.93. The molecule has 0 aliphatic rings. The summed E-state index contributed by atoms with van der Waals surface area (Å²) in [4.78, 5) is 1.61. The normalized spacial score (nSPS) is 12.5. The van der Waals surface area contributed by atoms with Gasteiger partial charge in [0.15, 0.2) is 0 Å². The van der Waals surface area contributed by atoms with Crippen LogP contribution in [0.1, 0.15) is 5.69 Å². The van der Waals surface area contributed by atoms with Crippen LogP contribution in [0.2, 0.25) is 0 Å². The Balaban J connectivity index is 1.89. The number of rotatable bonds is 6. The first kappa shape index (κ1) is 12.9. The van der Waals surface area contributed by atoms with Crippen LogP contribution in [0.15, 0.2) is 36.5 Å². The second kappa shape index (κ2) is 6.42. The van der Waals surface area contributed by atoms with Gasteiger partial charge in [-0.2, -0.15) is 15.0 Å². The fourth-order valence-electron chi connectivity index (χ4n) is 1.49. The molecule has 0 amide bonds. The zero-order valence-corrected chi connectivity index (χ0v) is 11.1. The molecule has 1 unspecified atom stereocenters. The lowest BCUT2D eigenvalue weighted by molar-refractivity contribution is 0.667. The number of aromatic nitrogens is 3. The Morgan fingerprint density at radius 2 is 2.11 bits per heavy atom. The van der Waals surface area contributed by atoms with E-state index in [0.29, 0.717) is 12.3 Å². The SMILES string of the molecule is CS(=O)CCNCc1cnn(-c2ccccc2)n1. The molecule has 1 heterocycles. The maximum atomic E-state index is 10.9. The van der Waals surface area contributed by atoms with Gasteiger partial charge in [0.05, 0.1) is 17.6 Å². The Morgan fingerprint density at radius 1 is 1.33 bits per heavy atom. The molecule has 5 nitrogen and oxygen atoms in total. The first-order valence-electron chi connectivity index (χ1n) is 5.73. The van der Waals surface area contributed by atoms with Crippen LogP contribution in [-0.2, 0) is 17.3 Å². The van der Waals surface area contributed by atoms with Crippen LogP contribution in [-0.4, -0.2) is 37.8 Å². The number of hydrogen-bond donors (Lipinski definition) is 1. The highest BCUT2D eigenvalue weighted by Crippen LogP contribution is 2.03. The minimum Gasteiger partial charge on any atom is -0.310 e. The Hall–Kier alpha value is -1.53. The van der Waals surface area contributed by atoms with Crippen LogP contribution in [0.3, 0.4) is 0 Å². The van der Waals surface area contributed by atoms with Gasteiger partial charge in [-0.25, -0.2) is 0 Å². The third-order valence-electron chi connectivity index (χ3n) is 2.40. The first-order valence-corrected chi connectivity index (χ1v) is 7.46. The molecule has 0 bridgehead atoms. The molecule has 0 fully saturated rings. The van der Waals surface area contributed by atoms with E-state index < -0.39 is 10.8 Å². The Labute approximate surface area is 109 Å². The minimum atomic E-state index is -0.752. The van der Waals surface area contributed by atoms with E-state index in [1.54, 1.807) is 17.2 Å². The molecule has 0 radical (unpaired) electrons. The van der Waals surface area contributed by atoms with Gasteiger partial charge in [-0.1, -0.05) is 18.2 Å². The van der Waals surface area contributed by atoms with Crippen molar-refractivity contribution in [2.45, 2.75) is 6.54 Å². The number of nitrogens with zero attached hydrogens (tertiary/aromatic N) is 3. The van der Waals surface area contributed by atoms with Gasteiger partial charge in [-0.3, -0.25) is 4.21 Å². The molecule has 1 aromatic carbocycles. The fraction of sp³-hybridized carbons (Fsp3) is 0.333. The summed E-state index contributed by atoms with van der Waals surface area (Å²) >= 11 is 0. The van der Waals surface area contributed by atoms with Gasteiger partial charge < -0.3 is 5.32 Å². The molecule has 0 saturated heterocycles. The van der Waals surface area contributed by atoms with Crippen molar-refractivity contribution in [1.29, 1.82) is 0 Å². The van der Waals surface area contributed by atoms with Gasteiger partial charge in [0.2, 0.25) is 0 Å². The van der Waals surface area contributed by atoms with Crippen LogP contribution in [0, 0.1) is 0 Å². The van der Waals surface area contributed by atoms with E-state index in [2.05, 4.69) is 15.5 Å². The highest BCUT2D eigenvalue weighted by atomic mass is 32.2. The van der Waals surface area contributed by atoms with Crippen molar-refractivity contribution in [2.75, 3.05) is 18.6 Å². The lowest BCUT2D eigenvalue weighted by Gasteiger charge is -2.00. The Bertz CT molecular complexity index is 512. The monoisotopic (exact) mass is 264 g/mol.